The summed E-state index contributed by atoms with van der Waals surface area (Å²) in [6.45, 7) is 3.77. The Balaban J connectivity index is 0.00000242. The van der Waals surface area contributed by atoms with Crippen LogP contribution in [0.15, 0.2) is 18.2 Å². The van der Waals surface area contributed by atoms with Gasteiger partial charge in [-0.3, -0.25) is 4.79 Å². The Morgan fingerprint density at radius 1 is 1.27 bits per heavy atom. The van der Waals surface area contributed by atoms with Crippen molar-refractivity contribution in [2.24, 2.45) is 0 Å². The van der Waals surface area contributed by atoms with Crippen molar-refractivity contribution >= 4 is 29.7 Å². The summed E-state index contributed by atoms with van der Waals surface area (Å²) in [5.74, 6) is -0.104. The predicted molar refractivity (Wildman–Crippen MR) is 93.5 cm³/mol. The highest BCUT2D eigenvalue weighted by Gasteiger charge is 2.20. The van der Waals surface area contributed by atoms with Crippen molar-refractivity contribution in [1.82, 2.24) is 0 Å². The Labute approximate surface area is 139 Å². The maximum Gasteiger partial charge on any atom is 0.253 e. The molecule has 1 amide bonds. The minimum absolute atomic E-state index is 0. The fraction of sp³-hybridized carbons (Fsp3) is 0.588. The molecular weight excluding hydrogens is 300 g/mol. The standard InChI is InChI=1S/C17H26N2O2.ClH/c1-12-9-10-14(18)11-16(12)19-17(20)13(2)21-15-7-5-3-4-6-8-15;/h9-11,13,15H,3-8,18H2,1-2H3,(H,19,20);1H. The molecule has 1 aliphatic rings. The van der Waals surface area contributed by atoms with Crippen LogP contribution in [-0.4, -0.2) is 18.1 Å². The van der Waals surface area contributed by atoms with Crippen LogP contribution in [0.4, 0.5) is 11.4 Å². The third kappa shape index (κ3) is 5.50. The summed E-state index contributed by atoms with van der Waals surface area (Å²) in [5, 5.41) is 2.91. The van der Waals surface area contributed by atoms with Gasteiger partial charge in [-0.15, -0.1) is 12.4 Å². The van der Waals surface area contributed by atoms with Crippen LogP contribution in [-0.2, 0) is 9.53 Å². The van der Waals surface area contributed by atoms with E-state index < -0.39 is 6.10 Å². The van der Waals surface area contributed by atoms with Crippen LogP contribution < -0.4 is 11.1 Å². The van der Waals surface area contributed by atoms with E-state index in [-0.39, 0.29) is 24.4 Å². The number of amides is 1. The smallest absolute Gasteiger partial charge is 0.253 e. The molecular formula is C17H27ClN2O2. The third-order valence-corrected chi connectivity index (χ3v) is 4.09. The number of nitrogens with one attached hydrogen (secondary N) is 1. The van der Waals surface area contributed by atoms with Crippen molar-refractivity contribution in [2.75, 3.05) is 11.1 Å². The molecule has 1 aromatic carbocycles. The van der Waals surface area contributed by atoms with Crippen LogP contribution in [0.5, 0.6) is 0 Å². The molecule has 0 spiro atoms. The van der Waals surface area contributed by atoms with Gasteiger partial charge in [-0.05, 0) is 44.4 Å². The first-order valence-corrected chi connectivity index (χ1v) is 7.88. The van der Waals surface area contributed by atoms with E-state index in [0.29, 0.717) is 5.69 Å². The van der Waals surface area contributed by atoms with Gasteiger partial charge in [0.05, 0.1) is 6.10 Å². The summed E-state index contributed by atoms with van der Waals surface area (Å²) in [5.41, 5.74) is 8.17. The topological polar surface area (TPSA) is 64.3 Å². The molecule has 22 heavy (non-hydrogen) atoms. The zero-order valence-electron chi connectivity index (χ0n) is 13.4. The molecule has 1 aromatic rings. The number of halogens is 1. The Kier molecular flexibility index (Phi) is 7.69. The van der Waals surface area contributed by atoms with Gasteiger partial charge in [-0.25, -0.2) is 0 Å². The minimum atomic E-state index is -0.436. The van der Waals surface area contributed by atoms with Gasteiger partial charge >= 0.3 is 0 Å². The highest BCUT2D eigenvalue weighted by atomic mass is 35.5. The fourth-order valence-electron chi connectivity index (χ4n) is 2.74. The average Bonchev–Trinajstić information content (AvgIpc) is 2.71. The number of rotatable bonds is 4. The molecule has 5 heteroatoms. The van der Waals surface area contributed by atoms with Crippen molar-refractivity contribution in [3.8, 4) is 0 Å². The van der Waals surface area contributed by atoms with Crippen LogP contribution >= 0.6 is 12.4 Å². The summed E-state index contributed by atoms with van der Waals surface area (Å²) in [6.07, 6.45) is 6.88. The molecule has 0 aromatic heterocycles. The molecule has 0 heterocycles. The lowest BCUT2D eigenvalue weighted by atomic mass is 10.1. The number of nitrogen functional groups attached to an aromatic ring is 1. The Bertz CT molecular complexity index is 486. The molecule has 2 rings (SSSR count). The van der Waals surface area contributed by atoms with Crippen LogP contribution in [0, 0.1) is 6.92 Å². The molecule has 124 valence electrons. The summed E-state index contributed by atoms with van der Waals surface area (Å²) in [6, 6.07) is 5.52. The van der Waals surface area contributed by atoms with Crippen LogP contribution in [0.25, 0.3) is 0 Å². The molecule has 0 aliphatic heterocycles. The first-order valence-electron chi connectivity index (χ1n) is 7.88. The number of hydrogen-bond acceptors (Lipinski definition) is 3. The number of nitrogens with two attached hydrogens (primary N) is 1. The van der Waals surface area contributed by atoms with E-state index in [1.807, 2.05) is 26.0 Å². The summed E-state index contributed by atoms with van der Waals surface area (Å²) in [7, 11) is 0. The SMILES string of the molecule is Cc1ccc(N)cc1NC(=O)C(C)OC1CCCCCC1.Cl. The van der Waals surface area contributed by atoms with Gasteiger partial charge in [0.2, 0.25) is 0 Å². The van der Waals surface area contributed by atoms with Gasteiger partial charge in [-0.1, -0.05) is 31.7 Å². The quantitative estimate of drug-likeness (QED) is 0.647. The van der Waals surface area contributed by atoms with Gasteiger partial charge in [0.15, 0.2) is 0 Å². The monoisotopic (exact) mass is 326 g/mol. The molecule has 1 saturated carbocycles. The lowest BCUT2D eigenvalue weighted by Gasteiger charge is -2.21. The molecule has 1 aliphatic carbocycles. The van der Waals surface area contributed by atoms with Crippen LogP contribution in [0.1, 0.15) is 51.0 Å². The van der Waals surface area contributed by atoms with Gasteiger partial charge in [0, 0.05) is 11.4 Å². The molecule has 0 saturated heterocycles. The molecule has 3 N–H and O–H groups in total. The second kappa shape index (κ2) is 9.01. The van der Waals surface area contributed by atoms with Gasteiger partial charge in [0.25, 0.3) is 5.91 Å². The maximum atomic E-state index is 12.3. The minimum Gasteiger partial charge on any atom is -0.399 e. The lowest BCUT2D eigenvalue weighted by molar-refractivity contribution is -0.130. The number of carbonyl (C=O) groups excluding carboxylic acids is 1. The molecule has 1 fully saturated rings. The average molecular weight is 327 g/mol. The van der Waals surface area contributed by atoms with E-state index in [1.165, 1.54) is 25.7 Å². The number of benzene rings is 1. The summed E-state index contributed by atoms with van der Waals surface area (Å²) in [4.78, 5) is 12.3. The Morgan fingerprint density at radius 2 is 1.91 bits per heavy atom. The molecule has 1 unspecified atom stereocenters. The normalized spacial score (nSPS) is 17.2. The van der Waals surface area contributed by atoms with E-state index >= 15 is 0 Å². The van der Waals surface area contributed by atoms with Crippen molar-refractivity contribution in [3.05, 3.63) is 23.8 Å². The van der Waals surface area contributed by atoms with E-state index in [1.54, 1.807) is 6.07 Å². The van der Waals surface area contributed by atoms with Gasteiger partial charge in [0.1, 0.15) is 6.10 Å². The second-order valence-corrected chi connectivity index (χ2v) is 5.96. The second-order valence-electron chi connectivity index (χ2n) is 5.96. The first-order chi connectivity index (χ1) is 10.1. The molecule has 1 atom stereocenters. The Hall–Kier alpha value is -1.26. The third-order valence-electron chi connectivity index (χ3n) is 4.09. The van der Waals surface area contributed by atoms with E-state index in [4.69, 9.17) is 10.5 Å². The largest absolute Gasteiger partial charge is 0.399 e. The van der Waals surface area contributed by atoms with E-state index in [9.17, 15) is 4.79 Å². The van der Waals surface area contributed by atoms with Crippen molar-refractivity contribution in [3.63, 3.8) is 0 Å². The summed E-state index contributed by atoms with van der Waals surface area (Å²) >= 11 is 0. The number of anilines is 2. The predicted octanol–water partition coefficient (Wildman–Crippen LogP) is 4.07. The number of ether oxygens (including phenoxy) is 1. The zero-order chi connectivity index (χ0) is 15.2. The Morgan fingerprint density at radius 3 is 2.55 bits per heavy atom. The van der Waals surface area contributed by atoms with Crippen molar-refractivity contribution in [1.29, 1.82) is 0 Å². The lowest BCUT2D eigenvalue weighted by Crippen LogP contribution is -2.31. The number of aryl methyl sites for hydroxylation is 1. The first kappa shape index (κ1) is 18.8. The van der Waals surface area contributed by atoms with E-state index in [0.717, 1.165) is 24.1 Å². The molecule has 4 nitrogen and oxygen atoms in total. The van der Waals surface area contributed by atoms with Crippen LogP contribution in [0.3, 0.4) is 0 Å². The molecule has 0 radical (unpaired) electrons. The van der Waals surface area contributed by atoms with Crippen LogP contribution in [0.2, 0.25) is 0 Å². The number of carbonyl (C=O) groups is 1. The van der Waals surface area contributed by atoms with Crippen molar-refractivity contribution < 1.29 is 9.53 Å². The van der Waals surface area contributed by atoms with E-state index in [2.05, 4.69) is 5.32 Å². The maximum absolute atomic E-state index is 12.3. The summed E-state index contributed by atoms with van der Waals surface area (Å²) < 4.78 is 5.93. The number of hydrogen-bond donors (Lipinski definition) is 2. The highest BCUT2D eigenvalue weighted by Crippen LogP contribution is 2.22. The van der Waals surface area contributed by atoms with Crippen molar-refractivity contribution in [2.45, 2.75) is 64.6 Å². The zero-order valence-corrected chi connectivity index (χ0v) is 14.2. The highest BCUT2D eigenvalue weighted by molar-refractivity contribution is 5.95. The fourth-order valence-corrected chi connectivity index (χ4v) is 2.74. The molecule has 0 bridgehead atoms. The van der Waals surface area contributed by atoms with Gasteiger partial charge in [-0.2, -0.15) is 0 Å². The van der Waals surface area contributed by atoms with Gasteiger partial charge < -0.3 is 15.8 Å².